The monoisotopic (exact) mass is 528 g/mol. The Hall–Kier alpha value is -4.24. The van der Waals surface area contributed by atoms with Crippen LogP contribution in [0.5, 0.6) is 5.75 Å². The molecule has 0 saturated carbocycles. The molecular formula is C29H28N4O4S. The Labute approximate surface area is 224 Å². The van der Waals surface area contributed by atoms with E-state index in [1.165, 1.54) is 23.0 Å². The molecule has 0 spiro atoms. The number of nitrogens with zero attached hydrogens (tertiary/aromatic N) is 3. The summed E-state index contributed by atoms with van der Waals surface area (Å²) >= 11 is 1.49. The summed E-state index contributed by atoms with van der Waals surface area (Å²) in [7, 11) is 0. The van der Waals surface area contributed by atoms with Crippen LogP contribution in [0.15, 0.2) is 69.5 Å². The largest absolute Gasteiger partial charge is 0.493 e. The van der Waals surface area contributed by atoms with E-state index in [0.29, 0.717) is 40.7 Å². The standard InChI is InChI=1S/C29H28N4O4S/c1-5-17(2)8-6-14-36-21-12-10-20(11-13-21)25-19(4)24-27(32-33-23(34)16-18(3)29(33)35)30-26(31-28(24)37-25)22-9-7-15-38-22/h7-13,15-16H,5-6,14H2,1-4H3,(H,30,31,32)/b17-8+. The number of ether oxygens (including phenoxy) is 1. The molecule has 5 rings (SSSR count). The van der Waals surface area contributed by atoms with Crippen molar-refractivity contribution in [1.82, 2.24) is 15.0 Å². The Balaban J connectivity index is 1.48. The minimum Gasteiger partial charge on any atom is -0.493 e. The number of hydrogen-bond donors (Lipinski definition) is 1. The number of amides is 2. The molecule has 38 heavy (non-hydrogen) atoms. The molecule has 1 aliphatic rings. The van der Waals surface area contributed by atoms with E-state index in [2.05, 4.69) is 35.3 Å². The number of hydrogen-bond acceptors (Lipinski definition) is 8. The van der Waals surface area contributed by atoms with Crippen LogP contribution in [0, 0.1) is 6.92 Å². The van der Waals surface area contributed by atoms with Gasteiger partial charge in [-0.25, -0.2) is 4.98 Å². The number of aromatic nitrogens is 2. The molecule has 9 heteroatoms. The number of imide groups is 1. The lowest BCUT2D eigenvalue weighted by atomic mass is 10.1. The summed E-state index contributed by atoms with van der Waals surface area (Å²) in [4.78, 5) is 35.1. The SMILES string of the molecule is CC/C(C)=C/CCOc1ccc(-c2oc3nc(-c4cccs4)nc(NN4C(=O)C=C(C)C4=O)c3c2C)cc1. The fraction of sp³-hybridized carbons (Fsp3) is 0.241. The average Bonchev–Trinajstić information content (AvgIpc) is 3.63. The molecule has 0 radical (unpaired) electrons. The van der Waals surface area contributed by atoms with E-state index in [0.717, 1.165) is 39.6 Å². The molecule has 0 bridgehead atoms. The van der Waals surface area contributed by atoms with Gasteiger partial charge in [0.1, 0.15) is 11.5 Å². The molecule has 0 unspecified atom stereocenters. The number of aryl methyl sites for hydroxylation is 1. The van der Waals surface area contributed by atoms with Crippen molar-refractivity contribution < 1.29 is 18.7 Å². The predicted octanol–water partition coefficient (Wildman–Crippen LogP) is 6.69. The van der Waals surface area contributed by atoms with Crippen LogP contribution in [0.3, 0.4) is 0 Å². The fourth-order valence-corrected chi connectivity index (χ4v) is 4.80. The van der Waals surface area contributed by atoms with E-state index < -0.39 is 11.8 Å². The lowest BCUT2D eigenvalue weighted by Gasteiger charge is -2.17. The van der Waals surface area contributed by atoms with Crippen LogP contribution >= 0.6 is 11.3 Å². The molecule has 194 valence electrons. The van der Waals surface area contributed by atoms with E-state index in [1.54, 1.807) is 6.92 Å². The van der Waals surface area contributed by atoms with Crippen molar-refractivity contribution in [1.29, 1.82) is 0 Å². The molecule has 4 heterocycles. The van der Waals surface area contributed by atoms with Crippen LogP contribution in [-0.2, 0) is 9.59 Å². The smallest absolute Gasteiger partial charge is 0.275 e. The first kappa shape index (κ1) is 25.4. The van der Waals surface area contributed by atoms with Gasteiger partial charge in [-0.2, -0.15) is 9.99 Å². The van der Waals surface area contributed by atoms with Crippen molar-refractivity contribution in [3.63, 3.8) is 0 Å². The summed E-state index contributed by atoms with van der Waals surface area (Å²) in [6.07, 6.45) is 5.40. The van der Waals surface area contributed by atoms with Crippen LogP contribution in [0.4, 0.5) is 5.82 Å². The number of thiophene rings is 1. The van der Waals surface area contributed by atoms with Crippen LogP contribution in [0.25, 0.3) is 33.1 Å². The molecule has 0 atom stereocenters. The van der Waals surface area contributed by atoms with Gasteiger partial charge in [0.2, 0.25) is 5.71 Å². The van der Waals surface area contributed by atoms with Crippen LogP contribution in [0.1, 0.15) is 39.2 Å². The first-order valence-corrected chi connectivity index (χ1v) is 13.3. The summed E-state index contributed by atoms with van der Waals surface area (Å²) in [5.41, 5.74) is 6.64. The van der Waals surface area contributed by atoms with E-state index in [1.807, 2.05) is 48.7 Å². The second-order valence-electron chi connectivity index (χ2n) is 9.09. The van der Waals surface area contributed by atoms with Crippen molar-refractivity contribution in [2.24, 2.45) is 0 Å². The molecule has 1 aromatic carbocycles. The zero-order chi connectivity index (χ0) is 26.8. The Morgan fingerprint density at radius 1 is 1.16 bits per heavy atom. The highest BCUT2D eigenvalue weighted by atomic mass is 32.1. The molecule has 8 nitrogen and oxygen atoms in total. The van der Waals surface area contributed by atoms with Crippen molar-refractivity contribution >= 4 is 40.1 Å². The molecule has 1 aliphatic heterocycles. The van der Waals surface area contributed by atoms with Gasteiger partial charge in [-0.3, -0.25) is 15.0 Å². The maximum Gasteiger partial charge on any atom is 0.275 e. The Morgan fingerprint density at radius 2 is 1.95 bits per heavy atom. The van der Waals surface area contributed by atoms with E-state index in [9.17, 15) is 9.59 Å². The van der Waals surface area contributed by atoms with Gasteiger partial charge >= 0.3 is 0 Å². The van der Waals surface area contributed by atoms with Crippen molar-refractivity contribution in [2.45, 2.75) is 40.5 Å². The first-order valence-electron chi connectivity index (χ1n) is 12.4. The molecule has 0 fully saturated rings. The molecular weight excluding hydrogens is 500 g/mol. The second kappa shape index (κ2) is 10.6. The third kappa shape index (κ3) is 4.97. The third-order valence-electron chi connectivity index (χ3n) is 6.40. The van der Waals surface area contributed by atoms with Gasteiger partial charge in [0.15, 0.2) is 11.6 Å². The summed E-state index contributed by atoms with van der Waals surface area (Å²) < 4.78 is 12.1. The molecule has 0 saturated heterocycles. The zero-order valence-electron chi connectivity index (χ0n) is 21.7. The third-order valence-corrected chi connectivity index (χ3v) is 7.27. The van der Waals surface area contributed by atoms with Gasteiger partial charge in [0.25, 0.3) is 11.8 Å². The average molecular weight is 529 g/mol. The number of carbonyl (C=O) groups is 2. The zero-order valence-corrected chi connectivity index (χ0v) is 22.5. The summed E-state index contributed by atoms with van der Waals surface area (Å²) in [5.74, 6) is 1.30. The van der Waals surface area contributed by atoms with Gasteiger partial charge in [-0.05, 0) is 69.3 Å². The van der Waals surface area contributed by atoms with E-state index >= 15 is 0 Å². The number of allylic oxidation sites excluding steroid dienone is 1. The number of hydrazine groups is 1. The maximum absolute atomic E-state index is 12.6. The van der Waals surface area contributed by atoms with Crippen LogP contribution in [0.2, 0.25) is 0 Å². The number of nitrogens with one attached hydrogen (secondary N) is 1. The lowest BCUT2D eigenvalue weighted by molar-refractivity contribution is -0.135. The number of anilines is 1. The molecule has 2 amide bonds. The van der Waals surface area contributed by atoms with Gasteiger partial charge in [0, 0.05) is 22.8 Å². The maximum atomic E-state index is 12.6. The van der Waals surface area contributed by atoms with Crippen molar-refractivity contribution in [3.05, 3.63) is 70.6 Å². The number of rotatable bonds is 9. The highest BCUT2D eigenvalue weighted by molar-refractivity contribution is 7.13. The lowest BCUT2D eigenvalue weighted by Crippen LogP contribution is -2.36. The predicted molar refractivity (Wildman–Crippen MR) is 149 cm³/mol. The van der Waals surface area contributed by atoms with Crippen molar-refractivity contribution in [2.75, 3.05) is 12.0 Å². The quantitative estimate of drug-likeness (QED) is 0.147. The Kier molecular flexibility index (Phi) is 7.11. The number of furan rings is 1. The van der Waals surface area contributed by atoms with Crippen LogP contribution in [-0.4, -0.2) is 33.4 Å². The van der Waals surface area contributed by atoms with Crippen LogP contribution < -0.4 is 10.2 Å². The van der Waals surface area contributed by atoms with Gasteiger partial charge < -0.3 is 9.15 Å². The molecule has 4 aromatic rings. The molecule has 1 N–H and O–H groups in total. The van der Waals surface area contributed by atoms with E-state index in [-0.39, 0.29) is 0 Å². The number of carbonyl (C=O) groups excluding carboxylic acids is 2. The molecule has 0 aliphatic carbocycles. The summed E-state index contributed by atoms with van der Waals surface area (Å²) in [5, 5.41) is 3.49. The number of benzene rings is 1. The fourth-order valence-electron chi connectivity index (χ4n) is 4.14. The van der Waals surface area contributed by atoms with Gasteiger partial charge in [0.05, 0.1) is 16.9 Å². The topological polar surface area (TPSA) is 97.6 Å². The minimum atomic E-state index is -0.450. The normalized spacial score (nSPS) is 13.9. The highest BCUT2D eigenvalue weighted by Gasteiger charge is 2.31. The highest BCUT2D eigenvalue weighted by Crippen LogP contribution is 2.38. The van der Waals surface area contributed by atoms with Gasteiger partial charge in [-0.1, -0.05) is 24.6 Å². The van der Waals surface area contributed by atoms with E-state index in [4.69, 9.17) is 9.15 Å². The Morgan fingerprint density at radius 3 is 2.61 bits per heavy atom. The summed E-state index contributed by atoms with van der Waals surface area (Å²) in [6.45, 7) is 8.38. The van der Waals surface area contributed by atoms with Crippen molar-refractivity contribution in [3.8, 4) is 27.8 Å². The number of fused-ring (bicyclic) bond motifs is 1. The summed E-state index contributed by atoms with van der Waals surface area (Å²) in [6, 6.07) is 11.5. The second-order valence-corrected chi connectivity index (χ2v) is 10.0. The minimum absolute atomic E-state index is 0.325. The first-order chi connectivity index (χ1) is 18.4. The molecule has 3 aromatic heterocycles. The van der Waals surface area contributed by atoms with Gasteiger partial charge in [-0.15, -0.1) is 11.3 Å². The Bertz CT molecular complexity index is 1570.